The highest BCUT2D eigenvalue weighted by Crippen LogP contribution is 2.43. The van der Waals surface area contributed by atoms with E-state index in [0.717, 1.165) is 63.1 Å². The average Bonchev–Trinajstić information content (AvgIpc) is 3.02. The molecule has 2 atom stereocenters. The van der Waals surface area contributed by atoms with Crippen LogP contribution in [-0.2, 0) is 11.2 Å². The fraction of sp³-hybridized carbons (Fsp3) is 0.417. The van der Waals surface area contributed by atoms with Crippen LogP contribution in [0.25, 0.3) is 0 Å². The third kappa shape index (κ3) is 3.76. The topological polar surface area (TPSA) is 76.1 Å². The molecule has 0 spiro atoms. The van der Waals surface area contributed by atoms with Gasteiger partial charge in [0.25, 0.3) is 5.24 Å². The number of rotatable bonds is 4. The molecule has 1 fully saturated rings. The molecule has 1 saturated heterocycles. The molecule has 2 heterocycles. The van der Waals surface area contributed by atoms with E-state index in [4.69, 9.17) is 9.47 Å². The number of amides is 2. The Morgan fingerprint density at radius 3 is 2.45 bits per heavy atom. The second-order valence-corrected chi connectivity index (χ2v) is 9.66. The van der Waals surface area contributed by atoms with E-state index in [-0.39, 0.29) is 11.1 Å². The van der Waals surface area contributed by atoms with Crippen molar-refractivity contribution in [1.82, 2.24) is 4.90 Å². The lowest BCUT2D eigenvalue weighted by Gasteiger charge is -2.37. The summed E-state index contributed by atoms with van der Waals surface area (Å²) in [6.07, 6.45) is 1.60. The first-order valence-corrected chi connectivity index (χ1v) is 11.2. The maximum atomic E-state index is 12.2. The molecule has 6 nitrogen and oxygen atoms in total. The fourth-order valence-electron chi connectivity index (χ4n) is 4.08. The highest BCUT2D eigenvalue weighted by Gasteiger charge is 2.38. The number of carbonyl (C=O) groups is 2. The van der Waals surface area contributed by atoms with Crippen molar-refractivity contribution in [3.63, 3.8) is 0 Å². The van der Waals surface area contributed by atoms with Crippen LogP contribution in [0.1, 0.15) is 46.4 Å². The van der Waals surface area contributed by atoms with Gasteiger partial charge >= 0.3 is 0 Å². The molecule has 2 amide bonds. The molecule has 0 aromatic heterocycles. The zero-order valence-corrected chi connectivity index (χ0v) is 19.3. The number of aromatic hydroxyl groups is 1. The molecule has 2 aromatic carbocycles. The van der Waals surface area contributed by atoms with Crippen molar-refractivity contribution in [2.24, 2.45) is 0 Å². The van der Waals surface area contributed by atoms with E-state index in [1.165, 1.54) is 7.05 Å². The van der Waals surface area contributed by atoms with Gasteiger partial charge in [-0.05, 0) is 86.7 Å². The van der Waals surface area contributed by atoms with Crippen LogP contribution in [0.15, 0.2) is 24.3 Å². The number of benzene rings is 2. The molecule has 2 unspecified atom stereocenters. The monoisotopic (exact) mass is 441 g/mol. The second-order valence-electron chi connectivity index (χ2n) is 8.60. The Morgan fingerprint density at radius 1 is 1.16 bits per heavy atom. The summed E-state index contributed by atoms with van der Waals surface area (Å²) in [4.78, 5) is 25.1. The van der Waals surface area contributed by atoms with Gasteiger partial charge in [-0.2, -0.15) is 0 Å². The number of phenolic OH excluding ortho intramolecular Hbond substituents is 1. The van der Waals surface area contributed by atoms with Crippen LogP contribution in [0.3, 0.4) is 0 Å². The Labute approximate surface area is 186 Å². The van der Waals surface area contributed by atoms with Gasteiger partial charge in [0.1, 0.15) is 34.7 Å². The number of ether oxygens (including phenoxy) is 2. The minimum absolute atomic E-state index is 0.197. The Hall–Kier alpha value is -2.67. The molecule has 2 aliphatic rings. The highest BCUT2D eigenvalue weighted by atomic mass is 32.2. The number of fused-ring (bicyclic) bond motifs is 1. The van der Waals surface area contributed by atoms with Crippen molar-refractivity contribution in [3.05, 3.63) is 52.1 Å². The molecule has 164 valence electrons. The maximum Gasteiger partial charge on any atom is 0.289 e. The summed E-state index contributed by atoms with van der Waals surface area (Å²) in [7, 11) is 1.50. The summed E-state index contributed by atoms with van der Waals surface area (Å²) < 4.78 is 12.4. The predicted molar refractivity (Wildman–Crippen MR) is 120 cm³/mol. The minimum atomic E-state index is -0.492. The third-order valence-corrected chi connectivity index (χ3v) is 7.55. The minimum Gasteiger partial charge on any atom is -0.507 e. The van der Waals surface area contributed by atoms with Gasteiger partial charge in [-0.15, -0.1) is 0 Å². The second kappa shape index (κ2) is 7.79. The van der Waals surface area contributed by atoms with Crippen molar-refractivity contribution in [2.45, 2.75) is 51.4 Å². The first kappa shape index (κ1) is 21.6. The zero-order valence-electron chi connectivity index (χ0n) is 18.4. The number of hydrogen-bond acceptors (Lipinski definition) is 6. The number of carbonyl (C=O) groups excluding carboxylic acids is 2. The Kier molecular flexibility index (Phi) is 5.41. The number of imide groups is 1. The average molecular weight is 442 g/mol. The van der Waals surface area contributed by atoms with E-state index in [0.29, 0.717) is 18.1 Å². The summed E-state index contributed by atoms with van der Waals surface area (Å²) in [5.41, 5.74) is 4.07. The van der Waals surface area contributed by atoms with Crippen LogP contribution in [0.4, 0.5) is 4.79 Å². The van der Waals surface area contributed by atoms with Crippen molar-refractivity contribution in [2.75, 3.05) is 13.7 Å². The molecule has 1 N–H and O–H groups in total. The quantitative estimate of drug-likeness (QED) is 0.731. The first-order chi connectivity index (χ1) is 14.6. The number of phenols is 1. The van der Waals surface area contributed by atoms with Crippen molar-refractivity contribution < 1.29 is 24.2 Å². The maximum absolute atomic E-state index is 12.2. The Morgan fingerprint density at radius 2 is 1.84 bits per heavy atom. The van der Waals surface area contributed by atoms with Crippen molar-refractivity contribution in [1.29, 1.82) is 0 Å². The Balaban J connectivity index is 1.45. The molecular formula is C24H27NO5S. The zero-order chi connectivity index (χ0) is 22.5. The largest absolute Gasteiger partial charge is 0.507 e. The smallest absolute Gasteiger partial charge is 0.289 e. The van der Waals surface area contributed by atoms with Crippen molar-refractivity contribution >= 4 is 22.9 Å². The van der Waals surface area contributed by atoms with E-state index in [1.54, 1.807) is 0 Å². The van der Waals surface area contributed by atoms with E-state index in [9.17, 15) is 14.7 Å². The van der Waals surface area contributed by atoms with Gasteiger partial charge < -0.3 is 14.6 Å². The lowest BCUT2D eigenvalue weighted by molar-refractivity contribution is -0.125. The van der Waals surface area contributed by atoms with E-state index in [1.807, 2.05) is 52.0 Å². The SMILES string of the molecule is Cc1c(C)c2c(c(C)c1O)CCC(C)(COc1ccc(C3SC(=O)N(C)C3=O)cc1)O2. The standard InChI is InChI=1S/C24H27NO5S/c1-13-14(2)20-18(15(3)19(13)26)10-11-24(4,30-20)12-29-17-8-6-16(7-9-17)21-22(27)25(5)23(28)31-21/h6-9,21,26H,10-12H2,1-5H3. The molecule has 2 aliphatic heterocycles. The van der Waals surface area contributed by atoms with E-state index in [2.05, 4.69) is 0 Å². The lowest BCUT2D eigenvalue weighted by atomic mass is 9.87. The number of thioether (sulfide) groups is 1. The van der Waals surface area contributed by atoms with Gasteiger partial charge in [0.2, 0.25) is 5.91 Å². The molecule has 0 radical (unpaired) electrons. The molecule has 0 aliphatic carbocycles. The number of likely N-dealkylation sites (N-methyl/N-ethyl adjacent to an activating group) is 1. The summed E-state index contributed by atoms with van der Waals surface area (Å²) in [6.45, 7) is 8.23. The summed E-state index contributed by atoms with van der Waals surface area (Å²) in [6, 6.07) is 7.31. The van der Waals surface area contributed by atoms with Gasteiger partial charge in [0, 0.05) is 12.6 Å². The molecular weight excluding hydrogens is 414 g/mol. The first-order valence-electron chi connectivity index (χ1n) is 10.3. The number of nitrogens with zero attached hydrogens (tertiary/aromatic N) is 1. The van der Waals surface area contributed by atoms with Gasteiger partial charge in [-0.25, -0.2) is 0 Å². The van der Waals surface area contributed by atoms with Gasteiger partial charge in [-0.1, -0.05) is 12.1 Å². The summed E-state index contributed by atoms with van der Waals surface area (Å²) >= 11 is 1.03. The van der Waals surface area contributed by atoms with Crippen molar-refractivity contribution in [3.8, 4) is 17.2 Å². The molecule has 0 saturated carbocycles. The molecule has 4 rings (SSSR count). The van der Waals surface area contributed by atoms with Crippen LogP contribution < -0.4 is 9.47 Å². The van der Waals surface area contributed by atoms with Gasteiger partial charge in [0.15, 0.2) is 0 Å². The van der Waals surface area contributed by atoms with E-state index < -0.39 is 10.9 Å². The fourth-order valence-corrected chi connectivity index (χ4v) is 5.08. The summed E-state index contributed by atoms with van der Waals surface area (Å²) in [5.74, 6) is 1.69. The lowest BCUT2D eigenvalue weighted by Crippen LogP contribution is -2.42. The Bertz CT molecular complexity index is 1060. The van der Waals surface area contributed by atoms with Crippen LogP contribution in [-0.4, -0.2) is 40.4 Å². The molecule has 7 heteroatoms. The highest BCUT2D eigenvalue weighted by molar-refractivity contribution is 8.14. The third-order valence-electron chi connectivity index (χ3n) is 6.37. The van der Waals surface area contributed by atoms with Crippen LogP contribution in [0.5, 0.6) is 17.2 Å². The van der Waals surface area contributed by atoms with Crippen LogP contribution >= 0.6 is 11.8 Å². The normalized spacial score (nSPS) is 23.0. The van der Waals surface area contributed by atoms with Crippen LogP contribution in [0.2, 0.25) is 0 Å². The van der Waals surface area contributed by atoms with Gasteiger partial charge in [0.05, 0.1) is 0 Å². The molecule has 31 heavy (non-hydrogen) atoms. The summed E-state index contributed by atoms with van der Waals surface area (Å²) in [5, 5.41) is 9.63. The number of hydrogen-bond donors (Lipinski definition) is 1. The van der Waals surface area contributed by atoms with E-state index >= 15 is 0 Å². The van der Waals surface area contributed by atoms with Gasteiger partial charge in [-0.3, -0.25) is 14.5 Å². The predicted octanol–water partition coefficient (Wildman–Crippen LogP) is 4.85. The molecule has 0 bridgehead atoms. The van der Waals surface area contributed by atoms with Crippen LogP contribution in [0, 0.1) is 20.8 Å². The molecule has 2 aromatic rings.